The molecule has 0 unspecified atom stereocenters. The van der Waals surface area contributed by atoms with Crippen LogP contribution in [0.4, 0.5) is 5.69 Å². The molecule has 0 amide bonds. The van der Waals surface area contributed by atoms with Crippen molar-refractivity contribution in [3.63, 3.8) is 0 Å². The Morgan fingerprint density at radius 2 is 1.89 bits per heavy atom. The number of phenols is 1. The van der Waals surface area contributed by atoms with Gasteiger partial charge in [0.2, 0.25) is 0 Å². The van der Waals surface area contributed by atoms with Crippen LogP contribution in [-0.2, 0) is 5.75 Å². The van der Waals surface area contributed by atoms with Gasteiger partial charge in [-0.25, -0.2) is 4.98 Å². The number of phenolic OH excluding ortho intramolecular Hbond substituents is 1. The number of aliphatic imine (C=N–C) groups is 1. The Kier molecular flexibility index (Phi) is 5.75. The van der Waals surface area contributed by atoms with E-state index in [1.54, 1.807) is 41.4 Å². The van der Waals surface area contributed by atoms with Crippen LogP contribution in [0, 0.1) is 3.57 Å². The molecule has 0 aliphatic rings. The van der Waals surface area contributed by atoms with E-state index in [4.69, 9.17) is 4.98 Å². The van der Waals surface area contributed by atoms with E-state index >= 15 is 0 Å². The lowest BCUT2D eigenvalue weighted by molar-refractivity contribution is 0.474. The molecule has 4 aromatic rings. The third-order valence-corrected chi connectivity index (χ3v) is 6.87. The van der Waals surface area contributed by atoms with Crippen LogP contribution in [0.5, 0.6) is 5.75 Å². The summed E-state index contributed by atoms with van der Waals surface area (Å²) < 4.78 is 3.43. The monoisotopic (exact) mass is 502 g/mol. The number of para-hydroxylation sites is 1. The average Bonchev–Trinajstić information content (AvgIpc) is 3.09. The van der Waals surface area contributed by atoms with Gasteiger partial charge in [-0.2, -0.15) is 0 Å². The van der Waals surface area contributed by atoms with Crippen molar-refractivity contribution < 1.29 is 5.11 Å². The van der Waals surface area contributed by atoms with Crippen molar-refractivity contribution in [3.05, 3.63) is 81.4 Å². The first-order valence-electron chi connectivity index (χ1n) is 8.27. The maximum Gasteiger partial charge on any atom is 0.151 e. The summed E-state index contributed by atoms with van der Waals surface area (Å²) in [6.45, 7) is 0. The minimum atomic E-state index is 0.231. The highest BCUT2D eigenvalue weighted by atomic mass is 127. The summed E-state index contributed by atoms with van der Waals surface area (Å²) in [4.78, 5) is 9.19. The van der Waals surface area contributed by atoms with E-state index in [1.807, 2.05) is 30.3 Å². The highest BCUT2D eigenvalue weighted by Gasteiger charge is 2.06. The molecule has 0 aliphatic heterocycles. The average molecular weight is 502 g/mol. The molecule has 1 aromatic heterocycles. The quantitative estimate of drug-likeness (QED) is 0.189. The van der Waals surface area contributed by atoms with Crippen molar-refractivity contribution in [1.29, 1.82) is 0 Å². The van der Waals surface area contributed by atoms with Crippen molar-refractivity contribution >= 4 is 67.8 Å². The van der Waals surface area contributed by atoms with Gasteiger partial charge in [-0.05, 0) is 70.6 Å². The first-order valence-corrected chi connectivity index (χ1v) is 11.2. The number of hydrogen-bond donors (Lipinski definition) is 1. The summed E-state index contributed by atoms with van der Waals surface area (Å²) in [6.07, 6.45) is 1.68. The molecule has 3 aromatic carbocycles. The van der Waals surface area contributed by atoms with Gasteiger partial charge in [0.1, 0.15) is 5.75 Å². The maximum atomic E-state index is 9.83. The Balaban J connectivity index is 1.49. The predicted octanol–water partition coefficient (Wildman–Crippen LogP) is 6.65. The Morgan fingerprint density at radius 1 is 1.07 bits per heavy atom. The number of rotatable bonds is 5. The van der Waals surface area contributed by atoms with Crippen molar-refractivity contribution in [3.8, 4) is 5.75 Å². The van der Waals surface area contributed by atoms with E-state index in [-0.39, 0.29) is 5.75 Å². The van der Waals surface area contributed by atoms with Gasteiger partial charge in [0.25, 0.3) is 0 Å². The molecule has 1 heterocycles. The van der Waals surface area contributed by atoms with Gasteiger partial charge in [0, 0.05) is 21.1 Å². The third kappa shape index (κ3) is 4.69. The molecule has 0 fully saturated rings. The van der Waals surface area contributed by atoms with Crippen molar-refractivity contribution in [2.45, 2.75) is 10.1 Å². The zero-order valence-corrected chi connectivity index (χ0v) is 18.0. The Bertz CT molecular complexity index is 1110. The number of hydrogen-bond acceptors (Lipinski definition) is 5. The van der Waals surface area contributed by atoms with Crippen LogP contribution >= 0.6 is 45.7 Å². The van der Waals surface area contributed by atoms with E-state index in [2.05, 4.69) is 51.8 Å². The maximum absolute atomic E-state index is 9.83. The standard InChI is InChI=1S/C21H15IN2OS2/c22-16-7-5-14(6-8-16)13-26-21-24-18-10-9-17(11-20(18)27-21)23-12-15-3-1-2-4-19(15)25/h1-12,25H,13H2. The molecule has 0 atom stereocenters. The van der Waals surface area contributed by atoms with Crippen LogP contribution in [0.1, 0.15) is 11.1 Å². The van der Waals surface area contributed by atoms with Gasteiger partial charge < -0.3 is 5.11 Å². The molecule has 6 heteroatoms. The van der Waals surface area contributed by atoms with E-state index in [0.717, 1.165) is 26.0 Å². The first kappa shape index (κ1) is 18.5. The lowest BCUT2D eigenvalue weighted by Gasteiger charge is -1.98. The second-order valence-electron chi connectivity index (χ2n) is 5.86. The molecule has 4 rings (SSSR count). The van der Waals surface area contributed by atoms with Crippen LogP contribution in [0.25, 0.3) is 10.2 Å². The van der Waals surface area contributed by atoms with Gasteiger partial charge in [0.15, 0.2) is 4.34 Å². The van der Waals surface area contributed by atoms with Gasteiger partial charge in [-0.15, -0.1) is 11.3 Å². The molecular formula is C21H15IN2OS2. The van der Waals surface area contributed by atoms with Gasteiger partial charge in [-0.1, -0.05) is 36.0 Å². The van der Waals surface area contributed by atoms with Crippen LogP contribution < -0.4 is 0 Å². The number of aromatic hydroxyl groups is 1. The first-order chi connectivity index (χ1) is 13.2. The smallest absolute Gasteiger partial charge is 0.151 e. The summed E-state index contributed by atoms with van der Waals surface area (Å²) >= 11 is 5.76. The number of nitrogens with zero attached hydrogens (tertiary/aromatic N) is 2. The van der Waals surface area contributed by atoms with Crippen molar-refractivity contribution in [2.24, 2.45) is 4.99 Å². The number of thiazole rings is 1. The van der Waals surface area contributed by atoms with Crippen LogP contribution in [-0.4, -0.2) is 16.3 Å². The minimum Gasteiger partial charge on any atom is -0.507 e. The van der Waals surface area contributed by atoms with Crippen LogP contribution in [0.2, 0.25) is 0 Å². The fourth-order valence-corrected chi connectivity index (χ4v) is 4.92. The van der Waals surface area contributed by atoms with E-state index < -0.39 is 0 Å². The van der Waals surface area contributed by atoms with Crippen molar-refractivity contribution in [2.75, 3.05) is 0 Å². The predicted molar refractivity (Wildman–Crippen MR) is 124 cm³/mol. The summed E-state index contributed by atoms with van der Waals surface area (Å²) in [5.41, 5.74) is 3.85. The minimum absolute atomic E-state index is 0.231. The molecule has 0 aliphatic carbocycles. The van der Waals surface area contributed by atoms with Gasteiger partial charge in [0.05, 0.1) is 15.9 Å². The summed E-state index contributed by atoms with van der Waals surface area (Å²) in [5, 5.41) is 9.83. The Morgan fingerprint density at radius 3 is 2.70 bits per heavy atom. The number of halogens is 1. The second-order valence-corrected chi connectivity index (χ2v) is 9.36. The summed E-state index contributed by atoms with van der Waals surface area (Å²) in [6, 6.07) is 21.7. The summed E-state index contributed by atoms with van der Waals surface area (Å²) in [5.74, 6) is 1.14. The fraction of sp³-hybridized carbons (Fsp3) is 0.0476. The third-order valence-electron chi connectivity index (χ3n) is 3.92. The zero-order chi connectivity index (χ0) is 18.6. The molecule has 1 N–H and O–H groups in total. The lowest BCUT2D eigenvalue weighted by atomic mass is 10.2. The lowest BCUT2D eigenvalue weighted by Crippen LogP contribution is -1.80. The molecule has 0 radical (unpaired) electrons. The highest BCUT2D eigenvalue weighted by molar-refractivity contribution is 14.1. The number of benzene rings is 3. The molecular weight excluding hydrogens is 487 g/mol. The molecule has 0 spiro atoms. The number of fused-ring (bicyclic) bond motifs is 1. The van der Waals surface area contributed by atoms with Gasteiger partial charge >= 0.3 is 0 Å². The number of aromatic nitrogens is 1. The van der Waals surface area contributed by atoms with E-state index in [1.165, 1.54) is 9.13 Å². The van der Waals surface area contributed by atoms with E-state index in [9.17, 15) is 5.11 Å². The molecule has 0 saturated carbocycles. The van der Waals surface area contributed by atoms with Gasteiger partial charge in [-0.3, -0.25) is 4.99 Å². The largest absolute Gasteiger partial charge is 0.507 e. The molecule has 0 bridgehead atoms. The fourth-order valence-electron chi connectivity index (χ4n) is 2.50. The molecule has 134 valence electrons. The molecule has 3 nitrogen and oxygen atoms in total. The van der Waals surface area contributed by atoms with E-state index in [0.29, 0.717) is 5.56 Å². The normalized spacial score (nSPS) is 11.4. The van der Waals surface area contributed by atoms with Crippen LogP contribution in [0.3, 0.4) is 0 Å². The number of thioether (sulfide) groups is 1. The Labute approximate surface area is 179 Å². The molecule has 27 heavy (non-hydrogen) atoms. The zero-order valence-electron chi connectivity index (χ0n) is 14.2. The summed E-state index contributed by atoms with van der Waals surface area (Å²) in [7, 11) is 0. The highest BCUT2D eigenvalue weighted by Crippen LogP contribution is 2.33. The Hall–Kier alpha value is -1.90. The molecule has 0 saturated heterocycles. The SMILES string of the molecule is Oc1ccccc1C=Nc1ccc2nc(SCc3ccc(I)cc3)sc2c1. The van der Waals surface area contributed by atoms with Crippen molar-refractivity contribution in [1.82, 2.24) is 4.98 Å². The second kappa shape index (κ2) is 8.41. The topological polar surface area (TPSA) is 45.5 Å². The van der Waals surface area contributed by atoms with Crippen LogP contribution in [0.15, 0.2) is 76.1 Å².